The molecule has 0 saturated carbocycles. The molecule has 22 heavy (non-hydrogen) atoms. The lowest BCUT2D eigenvalue weighted by Gasteiger charge is -2.30. The zero-order valence-electron chi connectivity index (χ0n) is 14.9. The van der Waals surface area contributed by atoms with Gasteiger partial charge in [-0.1, -0.05) is 20.8 Å². The minimum absolute atomic E-state index is 0.0166. The van der Waals surface area contributed by atoms with Crippen molar-refractivity contribution in [3.63, 3.8) is 0 Å². The maximum absolute atomic E-state index is 12.2. The molecular weight excluding hydrogens is 286 g/mol. The van der Waals surface area contributed by atoms with Gasteiger partial charge in [-0.05, 0) is 11.8 Å². The Balaban J connectivity index is 4.11. The van der Waals surface area contributed by atoms with E-state index in [9.17, 15) is 4.79 Å². The molecule has 0 aromatic rings. The first-order valence-electron chi connectivity index (χ1n) is 7.82. The van der Waals surface area contributed by atoms with E-state index in [1.165, 1.54) is 0 Å². The number of carbonyl (C=O) groups is 1. The van der Waals surface area contributed by atoms with Crippen molar-refractivity contribution in [3.8, 4) is 0 Å². The van der Waals surface area contributed by atoms with Gasteiger partial charge in [0.25, 0.3) is 0 Å². The van der Waals surface area contributed by atoms with Gasteiger partial charge in [0.1, 0.15) is 6.61 Å². The number of hydrogen-bond acceptors (Lipinski definition) is 5. The molecule has 0 unspecified atom stereocenters. The molecule has 0 N–H and O–H groups in total. The van der Waals surface area contributed by atoms with Crippen LogP contribution in [0, 0.1) is 5.41 Å². The van der Waals surface area contributed by atoms with Gasteiger partial charge in [0.2, 0.25) is 5.91 Å². The van der Waals surface area contributed by atoms with Gasteiger partial charge in [-0.3, -0.25) is 4.79 Å². The van der Waals surface area contributed by atoms with Gasteiger partial charge in [-0.25, -0.2) is 0 Å². The molecule has 6 heteroatoms. The Morgan fingerprint density at radius 3 is 2.05 bits per heavy atom. The summed E-state index contributed by atoms with van der Waals surface area (Å²) < 4.78 is 20.6. The Hall–Kier alpha value is -0.690. The standard InChI is InChI=1S/C16H33NO5/c1-16(2,3)14-17(7-6-8-21-11-9-19-4)15(18)13-22-12-10-20-5/h6-14H2,1-5H3. The average molecular weight is 319 g/mol. The molecular formula is C16H33NO5. The number of ether oxygens (including phenoxy) is 4. The second-order valence-corrected chi connectivity index (χ2v) is 6.38. The molecule has 6 nitrogen and oxygen atoms in total. The predicted octanol–water partition coefficient (Wildman–Crippen LogP) is 1.58. The third-order valence-electron chi connectivity index (χ3n) is 2.82. The number of hydrogen-bond donors (Lipinski definition) is 0. The van der Waals surface area contributed by atoms with Crippen LogP contribution in [0.5, 0.6) is 0 Å². The maximum atomic E-state index is 12.2. The van der Waals surface area contributed by atoms with Crippen LogP contribution in [-0.2, 0) is 23.7 Å². The van der Waals surface area contributed by atoms with Crippen molar-refractivity contribution in [2.24, 2.45) is 5.41 Å². The summed E-state index contributed by atoms with van der Waals surface area (Å²) in [6.45, 7) is 10.6. The van der Waals surface area contributed by atoms with E-state index in [-0.39, 0.29) is 17.9 Å². The van der Waals surface area contributed by atoms with Crippen LogP contribution in [0.1, 0.15) is 27.2 Å². The monoisotopic (exact) mass is 319 g/mol. The summed E-state index contributed by atoms with van der Waals surface area (Å²) >= 11 is 0. The van der Waals surface area contributed by atoms with Gasteiger partial charge in [-0.15, -0.1) is 0 Å². The third kappa shape index (κ3) is 13.0. The van der Waals surface area contributed by atoms with E-state index < -0.39 is 0 Å². The van der Waals surface area contributed by atoms with Crippen LogP contribution in [0.3, 0.4) is 0 Å². The number of methoxy groups -OCH3 is 2. The van der Waals surface area contributed by atoms with Crippen molar-refractivity contribution in [1.82, 2.24) is 4.90 Å². The van der Waals surface area contributed by atoms with Crippen LogP contribution in [-0.4, -0.2) is 77.8 Å². The normalized spacial score (nSPS) is 11.7. The van der Waals surface area contributed by atoms with Gasteiger partial charge in [0.05, 0.1) is 26.4 Å². The highest BCUT2D eigenvalue weighted by Gasteiger charge is 2.20. The van der Waals surface area contributed by atoms with Crippen molar-refractivity contribution in [2.45, 2.75) is 27.2 Å². The smallest absolute Gasteiger partial charge is 0.248 e. The highest BCUT2D eigenvalue weighted by atomic mass is 16.5. The molecule has 0 aliphatic carbocycles. The summed E-state index contributed by atoms with van der Waals surface area (Å²) in [5.74, 6) is 0.0166. The molecule has 0 spiro atoms. The first-order chi connectivity index (χ1) is 10.4. The molecule has 0 radical (unpaired) electrons. The Kier molecular flexibility index (Phi) is 12.4. The largest absolute Gasteiger partial charge is 0.382 e. The molecule has 132 valence electrons. The van der Waals surface area contributed by atoms with Crippen LogP contribution in [0.25, 0.3) is 0 Å². The Morgan fingerprint density at radius 2 is 1.50 bits per heavy atom. The van der Waals surface area contributed by atoms with Gasteiger partial charge in [-0.2, -0.15) is 0 Å². The Bertz CT molecular complexity index is 278. The summed E-state index contributed by atoms with van der Waals surface area (Å²) in [5, 5.41) is 0. The minimum Gasteiger partial charge on any atom is -0.382 e. The predicted molar refractivity (Wildman–Crippen MR) is 86.0 cm³/mol. The fraction of sp³-hybridized carbons (Fsp3) is 0.938. The van der Waals surface area contributed by atoms with Crippen LogP contribution < -0.4 is 0 Å². The van der Waals surface area contributed by atoms with Gasteiger partial charge in [0, 0.05) is 33.9 Å². The first-order valence-corrected chi connectivity index (χ1v) is 7.82. The molecule has 0 bridgehead atoms. The molecule has 0 aromatic carbocycles. The van der Waals surface area contributed by atoms with Crippen LogP contribution in [0.2, 0.25) is 0 Å². The maximum Gasteiger partial charge on any atom is 0.248 e. The number of carbonyl (C=O) groups excluding carboxylic acids is 1. The Labute approximate surface area is 135 Å². The summed E-state index contributed by atoms with van der Waals surface area (Å²) in [6.07, 6.45) is 0.809. The molecule has 0 rings (SSSR count). The first kappa shape index (κ1) is 21.3. The molecule has 0 aromatic heterocycles. The lowest BCUT2D eigenvalue weighted by molar-refractivity contribution is -0.138. The SMILES string of the molecule is COCCOCCCN(CC(C)(C)C)C(=O)COCCOC. The molecule has 0 aliphatic heterocycles. The summed E-state index contributed by atoms with van der Waals surface area (Å²) in [4.78, 5) is 14.1. The van der Waals surface area contributed by atoms with E-state index >= 15 is 0 Å². The van der Waals surface area contributed by atoms with Crippen LogP contribution >= 0.6 is 0 Å². The number of nitrogens with zero attached hydrogens (tertiary/aromatic N) is 1. The van der Waals surface area contributed by atoms with Crippen molar-refractivity contribution in [2.75, 3.05) is 67.0 Å². The highest BCUT2D eigenvalue weighted by molar-refractivity contribution is 5.77. The minimum atomic E-state index is 0.0166. The fourth-order valence-corrected chi connectivity index (χ4v) is 1.86. The van der Waals surface area contributed by atoms with Crippen molar-refractivity contribution < 1.29 is 23.7 Å². The molecule has 1 amide bonds. The zero-order chi connectivity index (χ0) is 16.8. The topological polar surface area (TPSA) is 57.2 Å². The van der Waals surface area contributed by atoms with Gasteiger partial charge < -0.3 is 23.8 Å². The highest BCUT2D eigenvalue weighted by Crippen LogP contribution is 2.15. The number of rotatable bonds is 13. The number of amides is 1. The average Bonchev–Trinajstić information content (AvgIpc) is 2.44. The van der Waals surface area contributed by atoms with E-state index in [0.717, 1.165) is 6.42 Å². The summed E-state index contributed by atoms with van der Waals surface area (Å²) in [7, 11) is 3.26. The molecule has 0 heterocycles. The van der Waals surface area contributed by atoms with Crippen LogP contribution in [0.15, 0.2) is 0 Å². The van der Waals surface area contributed by atoms with Crippen molar-refractivity contribution in [1.29, 1.82) is 0 Å². The van der Waals surface area contributed by atoms with Gasteiger partial charge >= 0.3 is 0 Å². The summed E-state index contributed by atoms with van der Waals surface area (Å²) in [6, 6.07) is 0. The van der Waals surface area contributed by atoms with Crippen molar-refractivity contribution >= 4 is 5.91 Å². The van der Waals surface area contributed by atoms with Gasteiger partial charge in [0.15, 0.2) is 0 Å². The quantitative estimate of drug-likeness (QED) is 0.482. The second kappa shape index (κ2) is 12.8. The molecule has 0 aliphatic rings. The van der Waals surface area contributed by atoms with E-state index in [0.29, 0.717) is 46.1 Å². The molecule has 0 atom stereocenters. The zero-order valence-corrected chi connectivity index (χ0v) is 14.9. The Morgan fingerprint density at radius 1 is 0.909 bits per heavy atom. The lowest BCUT2D eigenvalue weighted by atomic mass is 9.96. The summed E-state index contributed by atoms with van der Waals surface area (Å²) in [5.41, 5.74) is 0.0547. The van der Waals surface area contributed by atoms with E-state index in [4.69, 9.17) is 18.9 Å². The molecule has 0 fully saturated rings. The van der Waals surface area contributed by atoms with E-state index in [1.54, 1.807) is 14.2 Å². The fourth-order valence-electron chi connectivity index (χ4n) is 1.86. The lowest BCUT2D eigenvalue weighted by Crippen LogP contribution is -2.41. The molecule has 0 saturated heterocycles. The van der Waals surface area contributed by atoms with E-state index in [2.05, 4.69) is 20.8 Å². The third-order valence-corrected chi connectivity index (χ3v) is 2.82. The van der Waals surface area contributed by atoms with Crippen LogP contribution in [0.4, 0.5) is 0 Å². The van der Waals surface area contributed by atoms with Crippen molar-refractivity contribution in [3.05, 3.63) is 0 Å². The van der Waals surface area contributed by atoms with E-state index in [1.807, 2.05) is 4.90 Å². The second-order valence-electron chi connectivity index (χ2n) is 6.38.